The number of nitrogens with one attached hydrogen (secondary N) is 2. The van der Waals surface area contributed by atoms with E-state index in [1.807, 2.05) is 26.8 Å². The smallest absolute Gasteiger partial charge is 0.507 e. The fourth-order valence-electron chi connectivity index (χ4n) is 5.03. The van der Waals surface area contributed by atoms with Crippen molar-refractivity contribution >= 4 is 23.7 Å². The van der Waals surface area contributed by atoms with Gasteiger partial charge in [0.15, 0.2) is 0 Å². The number of amides is 3. The lowest BCUT2D eigenvalue weighted by atomic mass is 10.0. The second kappa shape index (κ2) is 14.8. The number of aromatic nitrogens is 4. The number of benzene rings is 2. The lowest BCUT2D eigenvalue weighted by molar-refractivity contribution is -0.274. The molecule has 0 saturated heterocycles. The molecule has 0 atom stereocenters. The summed E-state index contributed by atoms with van der Waals surface area (Å²) in [5.41, 5.74) is 7.86. The Balaban J connectivity index is 0.000000385. The third-order valence-corrected chi connectivity index (χ3v) is 7.34. The Labute approximate surface area is 268 Å². The molecule has 2 aromatic carbocycles. The maximum atomic E-state index is 12.6. The summed E-state index contributed by atoms with van der Waals surface area (Å²) >= 11 is 0. The number of nitrogens with zero attached hydrogens (tertiary/aromatic N) is 4. The van der Waals surface area contributed by atoms with Crippen LogP contribution in [-0.2, 0) is 0 Å². The fraction of sp³-hybridized carbons (Fsp3) is 0.344. The van der Waals surface area contributed by atoms with Crippen molar-refractivity contribution < 1.29 is 37.4 Å². The Morgan fingerprint density at radius 3 is 2.26 bits per heavy atom. The maximum absolute atomic E-state index is 12.6. The highest BCUT2D eigenvalue weighted by Gasteiger charge is 2.31. The zero-order valence-corrected chi connectivity index (χ0v) is 26.0. The minimum absolute atomic E-state index is 0.106. The van der Waals surface area contributed by atoms with Crippen molar-refractivity contribution in [3.05, 3.63) is 77.7 Å². The molecule has 4 aromatic rings. The summed E-state index contributed by atoms with van der Waals surface area (Å²) < 4.78 is 43.2. The quantitative estimate of drug-likeness (QED) is 0.175. The molecule has 2 aromatic heterocycles. The van der Waals surface area contributed by atoms with Gasteiger partial charge in [-0.05, 0) is 74.2 Å². The van der Waals surface area contributed by atoms with Gasteiger partial charge in [0, 0.05) is 41.5 Å². The molecule has 1 aliphatic rings. The maximum Gasteiger partial charge on any atom is 0.573 e. The lowest BCUT2D eigenvalue weighted by Gasteiger charge is -2.11. The molecule has 3 amide bonds. The minimum Gasteiger partial charge on any atom is -0.507 e. The van der Waals surface area contributed by atoms with Crippen LogP contribution < -0.4 is 21.1 Å². The molecule has 0 aliphatic heterocycles. The van der Waals surface area contributed by atoms with Crippen molar-refractivity contribution in [2.75, 3.05) is 11.9 Å². The monoisotopic (exact) mass is 655 g/mol. The van der Waals surface area contributed by atoms with Crippen LogP contribution in [-0.4, -0.2) is 55.5 Å². The molecule has 1 fully saturated rings. The minimum atomic E-state index is -4.82. The molecule has 250 valence electrons. The van der Waals surface area contributed by atoms with Crippen LogP contribution in [0, 0.1) is 0 Å². The highest BCUT2D eigenvalue weighted by Crippen LogP contribution is 2.38. The summed E-state index contributed by atoms with van der Waals surface area (Å²) in [6.45, 7) is 6.29. The second-order valence-electron chi connectivity index (χ2n) is 11.1. The molecule has 1 saturated carbocycles. The average Bonchev–Trinajstić information content (AvgIpc) is 3.78. The number of aromatic hydroxyl groups is 1. The van der Waals surface area contributed by atoms with Crippen LogP contribution >= 0.6 is 0 Å². The van der Waals surface area contributed by atoms with Gasteiger partial charge < -0.3 is 26.2 Å². The number of halogens is 3. The fourth-order valence-corrected chi connectivity index (χ4v) is 5.03. The van der Waals surface area contributed by atoms with E-state index in [1.165, 1.54) is 22.9 Å². The van der Waals surface area contributed by atoms with E-state index in [2.05, 4.69) is 25.6 Å². The van der Waals surface area contributed by atoms with Crippen molar-refractivity contribution in [1.29, 1.82) is 0 Å². The van der Waals surface area contributed by atoms with E-state index in [1.54, 1.807) is 24.4 Å². The van der Waals surface area contributed by atoms with Gasteiger partial charge in [0.2, 0.25) is 0 Å². The number of ether oxygens (including phenoxy) is 1. The van der Waals surface area contributed by atoms with Crippen molar-refractivity contribution in [2.45, 2.75) is 64.7 Å². The molecule has 2 heterocycles. The average molecular weight is 656 g/mol. The number of hydrogen-bond acceptors (Lipinski definition) is 7. The zero-order chi connectivity index (χ0) is 34.3. The van der Waals surface area contributed by atoms with Gasteiger partial charge in [0.05, 0.1) is 17.1 Å². The largest absolute Gasteiger partial charge is 0.573 e. The third kappa shape index (κ3) is 9.11. The van der Waals surface area contributed by atoms with Crippen molar-refractivity contribution in [3.63, 3.8) is 0 Å². The Kier molecular flexibility index (Phi) is 10.9. The highest BCUT2D eigenvalue weighted by molar-refractivity contribution is 6.04. The van der Waals surface area contributed by atoms with Gasteiger partial charge in [0.25, 0.3) is 5.91 Å². The van der Waals surface area contributed by atoms with Gasteiger partial charge in [-0.3, -0.25) is 4.79 Å². The van der Waals surface area contributed by atoms with Crippen molar-refractivity contribution in [1.82, 2.24) is 24.9 Å². The number of carbonyl (C=O) groups is 3. The number of nitrogens with two attached hydrogens (primary N) is 1. The lowest BCUT2D eigenvalue weighted by Crippen LogP contribution is -2.30. The Morgan fingerprint density at radius 2 is 1.72 bits per heavy atom. The summed E-state index contributed by atoms with van der Waals surface area (Å²) in [6.07, 6.45) is 0.834. The number of rotatable bonds is 7. The molecule has 0 unspecified atom stereocenters. The van der Waals surface area contributed by atoms with Gasteiger partial charge in [-0.15, -0.1) is 13.2 Å². The number of phenolic OH excluding ortho intramolecular Hbond substituents is 1. The first-order valence-electron chi connectivity index (χ1n) is 15.0. The number of carbonyl (C=O) groups excluding carboxylic acids is 3. The first kappa shape index (κ1) is 34.5. The van der Waals surface area contributed by atoms with E-state index in [4.69, 9.17) is 5.73 Å². The van der Waals surface area contributed by atoms with Crippen LogP contribution in [0.25, 0.3) is 11.3 Å². The highest BCUT2D eigenvalue weighted by atomic mass is 19.4. The van der Waals surface area contributed by atoms with Gasteiger partial charge in [-0.25, -0.2) is 9.59 Å². The number of hydrogen-bond donors (Lipinski definition) is 4. The summed E-state index contributed by atoms with van der Waals surface area (Å²) in [5, 5.41) is 24.4. The Bertz CT molecular complexity index is 1710. The summed E-state index contributed by atoms with van der Waals surface area (Å²) in [6, 6.07) is 11.7. The molecule has 1 aliphatic carbocycles. The van der Waals surface area contributed by atoms with E-state index in [0.717, 1.165) is 53.9 Å². The van der Waals surface area contributed by atoms with E-state index in [0.29, 0.717) is 23.7 Å². The SMILES string of the molecule is CC(C)c1ccn(C(N)=O)n1.CCNC(=O)n1nc(-c2ccc(NC(=O)c3ccc(OC(F)(F)F)cc3)cc2O)cc1C1CCCC1. The summed E-state index contributed by atoms with van der Waals surface area (Å²) in [7, 11) is 0. The predicted octanol–water partition coefficient (Wildman–Crippen LogP) is 6.58. The molecule has 15 heteroatoms. The van der Waals surface area contributed by atoms with Gasteiger partial charge in [-0.1, -0.05) is 26.7 Å². The number of primary amides is 1. The molecular formula is C32H36F3N7O5. The van der Waals surface area contributed by atoms with Gasteiger partial charge >= 0.3 is 18.4 Å². The molecule has 0 spiro atoms. The van der Waals surface area contributed by atoms with Crippen LogP contribution in [0.2, 0.25) is 0 Å². The first-order valence-corrected chi connectivity index (χ1v) is 15.0. The number of anilines is 1. The number of alkyl halides is 3. The summed E-state index contributed by atoms with van der Waals surface area (Å²) in [5.74, 6) is -0.631. The van der Waals surface area contributed by atoms with Gasteiger partial charge in [-0.2, -0.15) is 19.6 Å². The van der Waals surface area contributed by atoms with E-state index in [9.17, 15) is 32.7 Å². The molecule has 5 N–H and O–H groups in total. The predicted molar refractivity (Wildman–Crippen MR) is 167 cm³/mol. The molecule has 0 bridgehead atoms. The zero-order valence-electron chi connectivity index (χ0n) is 26.0. The van der Waals surface area contributed by atoms with Crippen molar-refractivity contribution in [2.24, 2.45) is 5.73 Å². The van der Waals surface area contributed by atoms with Crippen LogP contribution in [0.15, 0.2) is 60.8 Å². The van der Waals surface area contributed by atoms with Crippen LogP contribution in [0.4, 0.5) is 28.4 Å². The Hall–Kier alpha value is -5.34. The van der Waals surface area contributed by atoms with Crippen LogP contribution in [0.5, 0.6) is 11.5 Å². The number of phenols is 1. The molecule has 5 rings (SSSR count). The second-order valence-corrected chi connectivity index (χ2v) is 11.1. The van der Waals surface area contributed by atoms with Gasteiger partial charge in [0.1, 0.15) is 11.5 Å². The topological polar surface area (TPSA) is 166 Å². The first-order chi connectivity index (χ1) is 22.3. The molecular weight excluding hydrogens is 619 g/mol. The van der Waals surface area contributed by atoms with Crippen LogP contribution in [0.3, 0.4) is 0 Å². The normalized spacial score (nSPS) is 13.2. The standard InChI is InChI=1S/C25H25F3N4O4.C7H11N3O/c1-2-29-24(35)32-21(15-5-3-4-6-15)14-20(31-32)19-12-9-17(13-22(19)33)30-23(34)16-7-10-18(11-8-16)36-25(26,27)28;1-5(2)6-3-4-10(9-6)7(8)11/h7-15,33H,2-6H2,1H3,(H,29,35)(H,30,34);3-5H,1-2H3,(H2,8,11). The van der Waals surface area contributed by atoms with Crippen LogP contribution in [0.1, 0.15) is 80.0 Å². The van der Waals surface area contributed by atoms with E-state index >= 15 is 0 Å². The molecule has 47 heavy (non-hydrogen) atoms. The Morgan fingerprint density at radius 1 is 1.04 bits per heavy atom. The molecule has 0 radical (unpaired) electrons. The van der Waals surface area contributed by atoms with E-state index < -0.39 is 24.1 Å². The third-order valence-electron chi connectivity index (χ3n) is 7.34. The molecule has 12 nitrogen and oxygen atoms in total. The van der Waals surface area contributed by atoms with Crippen molar-refractivity contribution in [3.8, 4) is 22.8 Å². The van der Waals surface area contributed by atoms with E-state index in [-0.39, 0.29) is 28.9 Å². The summed E-state index contributed by atoms with van der Waals surface area (Å²) in [4.78, 5) is 35.6.